The Morgan fingerprint density at radius 3 is 2.84 bits per heavy atom. The van der Waals surface area contributed by atoms with E-state index in [2.05, 4.69) is 16.4 Å². The molecule has 3 rings (SSSR count). The average molecular weight is 336 g/mol. The average Bonchev–Trinajstić information content (AvgIpc) is 2.97. The van der Waals surface area contributed by atoms with Crippen molar-refractivity contribution in [3.63, 3.8) is 0 Å². The van der Waals surface area contributed by atoms with Crippen LogP contribution in [0, 0.1) is 11.3 Å². The molecule has 1 aromatic heterocycles. The Morgan fingerprint density at radius 2 is 2.12 bits per heavy atom. The number of fused-ring (bicyclic) bond motifs is 1. The van der Waals surface area contributed by atoms with Crippen LogP contribution in [0.3, 0.4) is 0 Å². The van der Waals surface area contributed by atoms with E-state index in [0.717, 1.165) is 22.3 Å². The van der Waals surface area contributed by atoms with E-state index in [1.807, 2.05) is 34.9 Å². The Morgan fingerprint density at radius 1 is 1.32 bits per heavy atom. The second kappa shape index (κ2) is 7.24. The Balaban J connectivity index is 2.05. The van der Waals surface area contributed by atoms with Crippen molar-refractivity contribution in [2.45, 2.75) is 19.6 Å². The molecule has 1 heterocycles. The van der Waals surface area contributed by atoms with Crippen molar-refractivity contribution in [2.75, 3.05) is 19.0 Å². The molecule has 6 heteroatoms. The van der Waals surface area contributed by atoms with Crippen LogP contribution in [0.25, 0.3) is 11.0 Å². The van der Waals surface area contributed by atoms with Crippen molar-refractivity contribution in [1.29, 1.82) is 5.26 Å². The third-order valence-corrected chi connectivity index (χ3v) is 3.95. The molecule has 1 unspecified atom stereocenters. The molecular weight excluding hydrogens is 316 g/mol. The summed E-state index contributed by atoms with van der Waals surface area (Å²) in [6.45, 7) is 2.62. The molecule has 25 heavy (non-hydrogen) atoms. The fraction of sp³-hybridized carbons (Fsp3) is 0.263. The van der Waals surface area contributed by atoms with Crippen molar-refractivity contribution in [1.82, 2.24) is 9.55 Å². The molecule has 0 bridgehead atoms. The van der Waals surface area contributed by atoms with Gasteiger partial charge in [-0.1, -0.05) is 12.1 Å². The maximum Gasteiger partial charge on any atom is 0.204 e. The van der Waals surface area contributed by atoms with Gasteiger partial charge in [0.05, 0.1) is 42.4 Å². The molecular formula is C19H20N4O2. The second-order valence-corrected chi connectivity index (χ2v) is 5.88. The van der Waals surface area contributed by atoms with E-state index in [4.69, 9.17) is 4.74 Å². The Kier molecular flexibility index (Phi) is 4.87. The van der Waals surface area contributed by atoms with Crippen molar-refractivity contribution in [2.24, 2.45) is 0 Å². The zero-order chi connectivity index (χ0) is 17.8. The van der Waals surface area contributed by atoms with Crippen molar-refractivity contribution in [3.05, 3.63) is 53.6 Å². The fourth-order valence-electron chi connectivity index (χ4n) is 2.75. The highest BCUT2D eigenvalue weighted by molar-refractivity contribution is 5.78. The van der Waals surface area contributed by atoms with Crippen LogP contribution in [0.15, 0.2) is 42.5 Å². The van der Waals surface area contributed by atoms with Gasteiger partial charge in [0.1, 0.15) is 5.75 Å². The molecule has 6 nitrogen and oxygen atoms in total. The number of anilines is 1. The summed E-state index contributed by atoms with van der Waals surface area (Å²) in [4.78, 5) is 4.61. The number of methoxy groups -OCH3 is 1. The van der Waals surface area contributed by atoms with Gasteiger partial charge < -0.3 is 19.7 Å². The summed E-state index contributed by atoms with van der Waals surface area (Å²) in [5.41, 5.74) is 3.31. The molecule has 1 atom stereocenters. The number of aromatic nitrogens is 2. The standard InChI is InChI=1S/C19H20N4O2/c1-13(24)11-21-19-22-16-5-3-4-6-17(16)23(19)12-15-9-14(10-20)7-8-18(15)25-2/h3-9,13,24H,11-12H2,1-2H3,(H,21,22). The summed E-state index contributed by atoms with van der Waals surface area (Å²) < 4.78 is 7.46. The molecule has 0 radical (unpaired) electrons. The first-order chi connectivity index (χ1) is 12.1. The van der Waals surface area contributed by atoms with Gasteiger partial charge in [-0.25, -0.2) is 4.98 Å². The Labute approximate surface area is 146 Å². The van der Waals surface area contributed by atoms with E-state index in [9.17, 15) is 10.4 Å². The first-order valence-corrected chi connectivity index (χ1v) is 8.06. The molecule has 0 spiro atoms. The Hall–Kier alpha value is -3.04. The molecule has 2 N–H and O–H groups in total. The topological polar surface area (TPSA) is 83.1 Å². The van der Waals surface area contributed by atoms with Crippen LogP contribution in [-0.2, 0) is 6.54 Å². The van der Waals surface area contributed by atoms with Crippen LogP contribution >= 0.6 is 0 Å². The van der Waals surface area contributed by atoms with E-state index in [1.165, 1.54) is 0 Å². The fourth-order valence-corrected chi connectivity index (χ4v) is 2.75. The quantitative estimate of drug-likeness (QED) is 0.723. The SMILES string of the molecule is COc1ccc(C#N)cc1Cn1c(NCC(C)O)nc2ccccc21. The van der Waals surface area contributed by atoms with Crippen LogP contribution in [0.5, 0.6) is 5.75 Å². The number of hydrogen-bond acceptors (Lipinski definition) is 5. The number of ether oxygens (including phenoxy) is 1. The summed E-state index contributed by atoms with van der Waals surface area (Å²) in [6, 6.07) is 15.4. The molecule has 0 aliphatic carbocycles. The highest BCUT2D eigenvalue weighted by Crippen LogP contribution is 2.26. The first kappa shape index (κ1) is 16.8. The molecule has 0 amide bonds. The zero-order valence-corrected chi connectivity index (χ0v) is 14.2. The summed E-state index contributed by atoms with van der Waals surface area (Å²) in [5.74, 6) is 1.39. The number of rotatable bonds is 6. The van der Waals surface area contributed by atoms with E-state index in [-0.39, 0.29) is 0 Å². The lowest BCUT2D eigenvalue weighted by atomic mass is 10.1. The van der Waals surface area contributed by atoms with Crippen LogP contribution < -0.4 is 10.1 Å². The summed E-state index contributed by atoms with van der Waals surface area (Å²) >= 11 is 0. The third-order valence-electron chi connectivity index (χ3n) is 3.95. The van der Waals surface area contributed by atoms with Gasteiger partial charge in [-0.2, -0.15) is 5.26 Å². The summed E-state index contributed by atoms with van der Waals surface area (Å²) in [6.07, 6.45) is -0.482. The second-order valence-electron chi connectivity index (χ2n) is 5.88. The molecule has 128 valence electrons. The molecule has 0 aliphatic heterocycles. The normalized spacial score (nSPS) is 11.9. The molecule has 0 saturated heterocycles. The van der Waals surface area contributed by atoms with Gasteiger partial charge in [-0.3, -0.25) is 0 Å². The molecule has 0 saturated carbocycles. The number of nitriles is 1. The van der Waals surface area contributed by atoms with Crippen LogP contribution in [0.4, 0.5) is 5.95 Å². The minimum absolute atomic E-state index is 0.401. The van der Waals surface area contributed by atoms with E-state index >= 15 is 0 Å². The molecule has 0 aliphatic rings. The van der Waals surface area contributed by atoms with E-state index in [0.29, 0.717) is 24.6 Å². The first-order valence-electron chi connectivity index (χ1n) is 8.06. The molecule has 3 aromatic rings. The lowest BCUT2D eigenvalue weighted by Crippen LogP contribution is -2.18. The number of imidazole rings is 1. The van der Waals surface area contributed by atoms with Crippen molar-refractivity contribution < 1.29 is 9.84 Å². The van der Waals surface area contributed by atoms with Gasteiger partial charge in [0, 0.05) is 12.1 Å². The largest absolute Gasteiger partial charge is 0.496 e. The number of aliphatic hydroxyl groups is 1. The molecule has 2 aromatic carbocycles. The van der Waals surface area contributed by atoms with Crippen LogP contribution in [-0.4, -0.2) is 34.4 Å². The van der Waals surface area contributed by atoms with Crippen molar-refractivity contribution in [3.8, 4) is 11.8 Å². The third kappa shape index (κ3) is 3.57. The summed E-state index contributed by atoms with van der Waals surface area (Å²) in [7, 11) is 1.61. The van der Waals surface area contributed by atoms with E-state index < -0.39 is 6.10 Å². The number of para-hydroxylation sites is 2. The van der Waals surface area contributed by atoms with Gasteiger partial charge in [0.15, 0.2) is 0 Å². The molecule has 0 fully saturated rings. The van der Waals surface area contributed by atoms with Gasteiger partial charge in [0.25, 0.3) is 0 Å². The van der Waals surface area contributed by atoms with Gasteiger partial charge in [-0.15, -0.1) is 0 Å². The maximum absolute atomic E-state index is 9.56. The van der Waals surface area contributed by atoms with Crippen LogP contribution in [0.1, 0.15) is 18.1 Å². The van der Waals surface area contributed by atoms with E-state index in [1.54, 1.807) is 26.2 Å². The van der Waals surface area contributed by atoms with Crippen molar-refractivity contribution >= 4 is 17.0 Å². The maximum atomic E-state index is 9.56. The smallest absolute Gasteiger partial charge is 0.204 e. The van der Waals surface area contributed by atoms with Gasteiger partial charge >= 0.3 is 0 Å². The minimum atomic E-state index is -0.482. The predicted molar refractivity (Wildman–Crippen MR) is 96.7 cm³/mol. The number of nitrogens with zero attached hydrogens (tertiary/aromatic N) is 3. The number of nitrogens with one attached hydrogen (secondary N) is 1. The van der Waals surface area contributed by atoms with Crippen LogP contribution in [0.2, 0.25) is 0 Å². The summed E-state index contributed by atoms with van der Waals surface area (Å²) in [5, 5.41) is 21.9. The van der Waals surface area contributed by atoms with Gasteiger partial charge in [-0.05, 0) is 37.3 Å². The van der Waals surface area contributed by atoms with Gasteiger partial charge in [0.2, 0.25) is 5.95 Å². The number of aliphatic hydroxyl groups excluding tert-OH is 1. The predicted octanol–water partition coefficient (Wildman–Crippen LogP) is 2.76. The highest BCUT2D eigenvalue weighted by Gasteiger charge is 2.14. The highest BCUT2D eigenvalue weighted by atomic mass is 16.5. The number of hydrogen-bond donors (Lipinski definition) is 2. The Bertz CT molecular complexity index is 925. The number of benzene rings is 2. The minimum Gasteiger partial charge on any atom is -0.496 e. The zero-order valence-electron chi connectivity index (χ0n) is 14.2. The lowest BCUT2D eigenvalue weighted by Gasteiger charge is -2.14. The lowest BCUT2D eigenvalue weighted by molar-refractivity contribution is 0.208. The monoisotopic (exact) mass is 336 g/mol.